The molecule has 0 spiro atoms. The average Bonchev–Trinajstić information content (AvgIpc) is 1.98. The van der Waals surface area contributed by atoms with Gasteiger partial charge in [-0.15, -0.1) is 0 Å². The fraction of sp³-hybridized carbons (Fsp3) is 0.571. The van der Waals surface area contributed by atoms with Gasteiger partial charge in [0.05, 0.1) is 6.61 Å². The summed E-state index contributed by atoms with van der Waals surface area (Å²) < 4.78 is 5.85. The molecule has 0 unspecified atom stereocenters. The molecule has 0 saturated carbocycles. The van der Waals surface area contributed by atoms with Gasteiger partial charge < -0.3 is 4.74 Å². The van der Waals surface area contributed by atoms with Crippen LogP contribution in [0, 0.1) is 0 Å². The number of halogens is 1. The van der Waals surface area contributed by atoms with Gasteiger partial charge in [-0.05, 0) is 17.3 Å². The standard InChI is InChI=1S/C7H11IO2/c1-2-7(9)10-6-4-3-5-8/h2H,1,3-6H2. The highest BCUT2D eigenvalue weighted by Crippen LogP contribution is 1.94. The average molecular weight is 254 g/mol. The second-order valence-corrected chi connectivity index (χ2v) is 2.85. The van der Waals surface area contributed by atoms with E-state index < -0.39 is 0 Å². The van der Waals surface area contributed by atoms with E-state index >= 15 is 0 Å². The first-order valence-corrected chi connectivity index (χ1v) is 4.69. The Labute approximate surface area is 74.8 Å². The van der Waals surface area contributed by atoms with Crippen molar-refractivity contribution in [2.45, 2.75) is 12.8 Å². The predicted molar refractivity (Wildman–Crippen MR) is 49.3 cm³/mol. The number of esters is 1. The van der Waals surface area contributed by atoms with Gasteiger partial charge in [0.25, 0.3) is 0 Å². The third kappa shape index (κ3) is 6.07. The van der Waals surface area contributed by atoms with E-state index in [1.165, 1.54) is 6.08 Å². The van der Waals surface area contributed by atoms with E-state index in [-0.39, 0.29) is 5.97 Å². The summed E-state index contributed by atoms with van der Waals surface area (Å²) in [5.41, 5.74) is 0. The van der Waals surface area contributed by atoms with Crippen LogP contribution in [0.2, 0.25) is 0 Å². The topological polar surface area (TPSA) is 26.3 Å². The van der Waals surface area contributed by atoms with Crippen molar-refractivity contribution in [3.8, 4) is 0 Å². The molecule has 0 N–H and O–H groups in total. The minimum absolute atomic E-state index is 0.326. The molecule has 0 aromatic heterocycles. The molecule has 0 aliphatic rings. The predicted octanol–water partition coefficient (Wildman–Crippen LogP) is 1.93. The van der Waals surface area contributed by atoms with Crippen LogP contribution in [0.25, 0.3) is 0 Å². The van der Waals surface area contributed by atoms with Crippen LogP contribution in [0.5, 0.6) is 0 Å². The lowest BCUT2D eigenvalue weighted by Gasteiger charge is -1.98. The molecule has 0 bridgehead atoms. The molecule has 0 radical (unpaired) electrons. The van der Waals surface area contributed by atoms with Gasteiger partial charge in [-0.2, -0.15) is 0 Å². The van der Waals surface area contributed by atoms with Gasteiger partial charge in [0.1, 0.15) is 0 Å². The van der Waals surface area contributed by atoms with Crippen LogP contribution in [0.4, 0.5) is 0 Å². The van der Waals surface area contributed by atoms with Gasteiger partial charge in [0, 0.05) is 6.08 Å². The van der Waals surface area contributed by atoms with Gasteiger partial charge in [-0.25, -0.2) is 4.79 Å². The van der Waals surface area contributed by atoms with E-state index in [2.05, 4.69) is 29.2 Å². The normalized spacial score (nSPS) is 8.90. The van der Waals surface area contributed by atoms with Gasteiger partial charge in [-0.3, -0.25) is 0 Å². The zero-order valence-corrected chi connectivity index (χ0v) is 7.96. The summed E-state index contributed by atoms with van der Waals surface area (Å²) in [6.07, 6.45) is 3.23. The van der Waals surface area contributed by atoms with E-state index in [9.17, 15) is 4.79 Å². The minimum Gasteiger partial charge on any atom is -0.463 e. The summed E-state index contributed by atoms with van der Waals surface area (Å²) in [4.78, 5) is 10.4. The van der Waals surface area contributed by atoms with Crippen LogP contribution in [0.1, 0.15) is 12.8 Å². The van der Waals surface area contributed by atoms with Crippen molar-refractivity contribution in [1.29, 1.82) is 0 Å². The Morgan fingerprint density at radius 2 is 2.30 bits per heavy atom. The number of unbranched alkanes of at least 4 members (excludes halogenated alkanes) is 1. The number of alkyl halides is 1. The van der Waals surface area contributed by atoms with E-state index in [1.807, 2.05) is 0 Å². The molecular formula is C7H11IO2. The van der Waals surface area contributed by atoms with Crippen molar-refractivity contribution in [2.75, 3.05) is 11.0 Å². The largest absolute Gasteiger partial charge is 0.463 e. The minimum atomic E-state index is -0.326. The second-order valence-electron chi connectivity index (χ2n) is 1.77. The Bertz CT molecular complexity index is 112. The van der Waals surface area contributed by atoms with Crippen molar-refractivity contribution < 1.29 is 9.53 Å². The van der Waals surface area contributed by atoms with Crippen LogP contribution in [-0.2, 0) is 9.53 Å². The number of hydrogen-bond donors (Lipinski definition) is 0. The van der Waals surface area contributed by atoms with Gasteiger partial charge in [0.15, 0.2) is 0 Å². The molecule has 0 amide bonds. The maximum Gasteiger partial charge on any atom is 0.330 e. The molecule has 0 aliphatic carbocycles. The number of rotatable bonds is 5. The van der Waals surface area contributed by atoms with Gasteiger partial charge in [-0.1, -0.05) is 29.2 Å². The maximum atomic E-state index is 10.4. The highest BCUT2D eigenvalue weighted by atomic mass is 127. The van der Waals surface area contributed by atoms with Crippen molar-refractivity contribution in [1.82, 2.24) is 0 Å². The van der Waals surface area contributed by atoms with Crippen molar-refractivity contribution in [3.05, 3.63) is 12.7 Å². The number of carbonyl (C=O) groups is 1. The summed E-state index contributed by atoms with van der Waals surface area (Å²) in [5, 5.41) is 0. The fourth-order valence-electron chi connectivity index (χ4n) is 0.428. The molecule has 10 heavy (non-hydrogen) atoms. The highest BCUT2D eigenvalue weighted by Gasteiger charge is 1.92. The molecule has 0 aromatic carbocycles. The lowest BCUT2D eigenvalue weighted by atomic mass is 10.4. The molecule has 3 heteroatoms. The molecule has 0 fully saturated rings. The monoisotopic (exact) mass is 254 g/mol. The summed E-state index contributed by atoms with van der Waals surface area (Å²) in [7, 11) is 0. The lowest BCUT2D eigenvalue weighted by Crippen LogP contribution is -2.01. The summed E-state index contributed by atoms with van der Waals surface area (Å²) in [6, 6.07) is 0. The maximum absolute atomic E-state index is 10.4. The Morgan fingerprint density at radius 3 is 2.80 bits per heavy atom. The third-order valence-corrected chi connectivity index (χ3v) is 1.70. The van der Waals surface area contributed by atoms with Crippen molar-refractivity contribution in [2.24, 2.45) is 0 Å². The summed E-state index contributed by atoms with van der Waals surface area (Å²) >= 11 is 2.29. The van der Waals surface area contributed by atoms with Crippen LogP contribution >= 0.6 is 22.6 Å². The van der Waals surface area contributed by atoms with E-state index in [0.717, 1.165) is 17.3 Å². The smallest absolute Gasteiger partial charge is 0.330 e. The van der Waals surface area contributed by atoms with Gasteiger partial charge >= 0.3 is 5.97 Å². The zero-order chi connectivity index (χ0) is 7.82. The summed E-state index contributed by atoms with van der Waals surface area (Å²) in [6.45, 7) is 3.81. The first kappa shape index (κ1) is 9.94. The van der Waals surface area contributed by atoms with E-state index in [1.54, 1.807) is 0 Å². The SMILES string of the molecule is C=CC(=O)OCCCCI. The molecule has 0 aromatic rings. The number of ether oxygens (including phenoxy) is 1. The molecule has 0 saturated heterocycles. The van der Waals surface area contributed by atoms with E-state index in [4.69, 9.17) is 4.74 Å². The first-order chi connectivity index (χ1) is 4.81. The first-order valence-electron chi connectivity index (χ1n) is 3.16. The van der Waals surface area contributed by atoms with Crippen LogP contribution in [0.15, 0.2) is 12.7 Å². The van der Waals surface area contributed by atoms with Crippen LogP contribution in [0.3, 0.4) is 0 Å². The molecule has 0 rings (SSSR count). The molecular weight excluding hydrogens is 243 g/mol. The molecule has 2 nitrogen and oxygen atoms in total. The van der Waals surface area contributed by atoms with Crippen molar-refractivity contribution >= 4 is 28.6 Å². The van der Waals surface area contributed by atoms with Crippen LogP contribution < -0.4 is 0 Å². The molecule has 0 aliphatic heterocycles. The van der Waals surface area contributed by atoms with Crippen LogP contribution in [-0.4, -0.2) is 17.0 Å². The number of hydrogen-bond acceptors (Lipinski definition) is 2. The highest BCUT2D eigenvalue weighted by molar-refractivity contribution is 14.1. The quantitative estimate of drug-likeness (QED) is 0.246. The lowest BCUT2D eigenvalue weighted by molar-refractivity contribution is -0.137. The van der Waals surface area contributed by atoms with Crippen molar-refractivity contribution in [3.63, 3.8) is 0 Å². The summed E-state index contributed by atoms with van der Waals surface area (Å²) in [5.74, 6) is -0.326. The Morgan fingerprint density at radius 1 is 1.60 bits per heavy atom. The van der Waals surface area contributed by atoms with E-state index in [0.29, 0.717) is 6.61 Å². The Balaban J connectivity index is 3.03. The molecule has 58 valence electrons. The Hall–Kier alpha value is -0.0600. The fourth-order valence-corrected chi connectivity index (χ4v) is 0.968. The third-order valence-electron chi connectivity index (χ3n) is 0.939. The van der Waals surface area contributed by atoms with Gasteiger partial charge in [0.2, 0.25) is 0 Å². The number of carbonyl (C=O) groups excluding carboxylic acids is 1. The zero-order valence-electron chi connectivity index (χ0n) is 5.81. The molecule has 0 atom stereocenters. The Kier molecular flexibility index (Phi) is 7.01. The second kappa shape index (κ2) is 7.05. The molecule has 0 heterocycles.